The van der Waals surface area contributed by atoms with Crippen LogP contribution in [0.4, 0.5) is 0 Å². The second kappa shape index (κ2) is 8.38. The van der Waals surface area contributed by atoms with Crippen LogP contribution in [0.5, 0.6) is 0 Å². The molecule has 0 aliphatic carbocycles. The quantitative estimate of drug-likeness (QED) is 0.789. The predicted molar refractivity (Wildman–Crippen MR) is 86.6 cm³/mol. The lowest BCUT2D eigenvalue weighted by molar-refractivity contribution is 0.218. The largest absolute Gasteiger partial charge is 0.310 e. The summed E-state index contributed by atoms with van der Waals surface area (Å²) >= 11 is 0. The van der Waals surface area contributed by atoms with E-state index in [1.54, 1.807) is 0 Å². The van der Waals surface area contributed by atoms with Gasteiger partial charge in [-0.1, -0.05) is 33.8 Å². The summed E-state index contributed by atoms with van der Waals surface area (Å²) in [5.41, 5.74) is 2.40. The zero-order chi connectivity index (χ0) is 15.1. The molecule has 0 saturated carbocycles. The minimum absolute atomic E-state index is 0.512. The van der Waals surface area contributed by atoms with Gasteiger partial charge in [0.05, 0.1) is 5.69 Å². The molecule has 0 radical (unpaired) electrons. The maximum atomic E-state index is 4.58. The Bertz CT molecular complexity index is 370. The van der Waals surface area contributed by atoms with Crippen LogP contribution in [0.15, 0.2) is 18.3 Å². The average molecular weight is 277 g/mol. The van der Waals surface area contributed by atoms with E-state index in [4.69, 9.17) is 0 Å². The van der Waals surface area contributed by atoms with Gasteiger partial charge < -0.3 is 5.32 Å². The number of rotatable bonds is 8. The number of nitrogens with one attached hydrogen (secondary N) is 1. The summed E-state index contributed by atoms with van der Waals surface area (Å²) in [7, 11) is 2.18. The van der Waals surface area contributed by atoms with E-state index in [1.807, 2.05) is 6.20 Å². The molecule has 3 nitrogen and oxygen atoms in total. The molecule has 1 aromatic rings. The van der Waals surface area contributed by atoms with Crippen LogP contribution in [-0.4, -0.2) is 29.0 Å². The fourth-order valence-corrected chi connectivity index (χ4v) is 2.25. The van der Waals surface area contributed by atoms with E-state index >= 15 is 0 Å². The molecule has 114 valence electrons. The Balaban J connectivity index is 2.48. The Morgan fingerprint density at radius 3 is 2.35 bits per heavy atom. The lowest BCUT2D eigenvalue weighted by Gasteiger charge is -2.25. The molecule has 0 amide bonds. The second-order valence-electron chi connectivity index (χ2n) is 6.59. The fraction of sp³-hybridized carbons (Fsp3) is 0.706. The molecule has 1 unspecified atom stereocenters. The molecule has 1 N–H and O–H groups in total. The summed E-state index contributed by atoms with van der Waals surface area (Å²) in [6, 6.07) is 5.44. The Morgan fingerprint density at radius 2 is 1.85 bits per heavy atom. The van der Waals surface area contributed by atoms with Crippen LogP contribution in [0.25, 0.3) is 0 Å². The normalized spacial score (nSPS) is 13.4. The van der Waals surface area contributed by atoms with Gasteiger partial charge in [-0.2, -0.15) is 0 Å². The summed E-state index contributed by atoms with van der Waals surface area (Å²) < 4.78 is 0. The van der Waals surface area contributed by atoms with Gasteiger partial charge in [0.1, 0.15) is 0 Å². The van der Waals surface area contributed by atoms with E-state index in [2.05, 4.69) is 69.0 Å². The molecule has 0 aliphatic rings. The van der Waals surface area contributed by atoms with Gasteiger partial charge in [-0.25, -0.2) is 0 Å². The standard InChI is InChI=1S/C17H31N3/c1-13(2)9-15(5)20(6)12-17-8-7-16(11-19-17)10-18-14(3)4/h7-8,11,13-15,18H,9-10,12H2,1-6H3. The summed E-state index contributed by atoms with van der Waals surface area (Å²) in [5.74, 6) is 0.741. The second-order valence-corrected chi connectivity index (χ2v) is 6.59. The third-order valence-electron chi connectivity index (χ3n) is 3.58. The zero-order valence-electron chi connectivity index (χ0n) is 14.0. The maximum absolute atomic E-state index is 4.58. The number of hydrogen-bond acceptors (Lipinski definition) is 3. The molecule has 1 heterocycles. The van der Waals surface area contributed by atoms with Crippen molar-refractivity contribution in [3.63, 3.8) is 0 Å². The van der Waals surface area contributed by atoms with Crippen molar-refractivity contribution < 1.29 is 0 Å². The van der Waals surface area contributed by atoms with Gasteiger partial charge in [0, 0.05) is 31.4 Å². The highest BCUT2D eigenvalue weighted by molar-refractivity contribution is 5.14. The first-order chi connectivity index (χ1) is 9.38. The first kappa shape index (κ1) is 17.1. The summed E-state index contributed by atoms with van der Waals surface area (Å²) in [4.78, 5) is 6.96. The van der Waals surface area contributed by atoms with Crippen LogP contribution in [-0.2, 0) is 13.1 Å². The molecule has 0 spiro atoms. The van der Waals surface area contributed by atoms with Crippen molar-refractivity contribution in [2.24, 2.45) is 5.92 Å². The number of pyridine rings is 1. The van der Waals surface area contributed by atoms with Crippen molar-refractivity contribution in [2.75, 3.05) is 7.05 Å². The summed E-state index contributed by atoms with van der Waals surface area (Å²) in [6.45, 7) is 13.0. The van der Waals surface area contributed by atoms with E-state index in [0.717, 1.165) is 24.7 Å². The van der Waals surface area contributed by atoms with Crippen molar-refractivity contribution in [1.82, 2.24) is 15.2 Å². The van der Waals surface area contributed by atoms with Gasteiger partial charge in [-0.05, 0) is 37.9 Å². The van der Waals surface area contributed by atoms with Gasteiger partial charge in [0.25, 0.3) is 0 Å². The van der Waals surface area contributed by atoms with Gasteiger partial charge in [0.15, 0.2) is 0 Å². The zero-order valence-corrected chi connectivity index (χ0v) is 14.0. The molecule has 1 rings (SSSR count). The van der Waals surface area contributed by atoms with Crippen LogP contribution in [0.1, 0.15) is 52.3 Å². The van der Waals surface area contributed by atoms with Gasteiger partial charge >= 0.3 is 0 Å². The number of hydrogen-bond donors (Lipinski definition) is 1. The average Bonchev–Trinajstić information content (AvgIpc) is 2.37. The Hall–Kier alpha value is -0.930. The van der Waals surface area contributed by atoms with Gasteiger partial charge in [-0.15, -0.1) is 0 Å². The molecule has 20 heavy (non-hydrogen) atoms. The Labute approximate surface area is 124 Å². The molecule has 0 fully saturated rings. The highest BCUT2D eigenvalue weighted by Gasteiger charge is 2.11. The third kappa shape index (κ3) is 6.49. The van der Waals surface area contributed by atoms with Crippen LogP contribution in [0.3, 0.4) is 0 Å². The highest BCUT2D eigenvalue weighted by atomic mass is 15.1. The van der Waals surface area contributed by atoms with Crippen LogP contribution in [0, 0.1) is 5.92 Å². The van der Waals surface area contributed by atoms with Crippen molar-refractivity contribution in [3.05, 3.63) is 29.6 Å². The SMILES string of the molecule is CC(C)CC(C)N(C)Cc1ccc(CNC(C)C)cn1. The van der Waals surface area contributed by atoms with E-state index in [9.17, 15) is 0 Å². The molecule has 1 aromatic heterocycles. The first-order valence-corrected chi connectivity index (χ1v) is 7.76. The lowest BCUT2D eigenvalue weighted by Crippen LogP contribution is -2.30. The molecule has 3 heteroatoms. The molecule has 0 bridgehead atoms. The molecule has 0 saturated heterocycles. The van der Waals surface area contributed by atoms with Gasteiger partial charge in [0.2, 0.25) is 0 Å². The minimum Gasteiger partial charge on any atom is -0.310 e. The van der Waals surface area contributed by atoms with Crippen molar-refractivity contribution in [1.29, 1.82) is 0 Å². The topological polar surface area (TPSA) is 28.2 Å². The van der Waals surface area contributed by atoms with Crippen LogP contribution in [0.2, 0.25) is 0 Å². The highest BCUT2D eigenvalue weighted by Crippen LogP contribution is 2.12. The van der Waals surface area contributed by atoms with E-state index in [1.165, 1.54) is 12.0 Å². The molecule has 1 atom stereocenters. The third-order valence-corrected chi connectivity index (χ3v) is 3.58. The lowest BCUT2D eigenvalue weighted by atomic mass is 10.0. The first-order valence-electron chi connectivity index (χ1n) is 7.76. The van der Waals surface area contributed by atoms with Crippen LogP contribution < -0.4 is 5.32 Å². The number of nitrogens with zero attached hydrogens (tertiary/aromatic N) is 2. The number of aromatic nitrogens is 1. The smallest absolute Gasteiger partial charge is 0.0544 e. The summed E-state index contributed by atoms with van der Waals surface area (Å²) in [6.07, 6.45) is 3.22. The van der Waals surface area contributed by atoms with E-state index in [0.29, 0.717) is 12.1 Å². The van der Waals surface area contributed by atoms with Crippen molar-refractivity contribution in [3.8, 4) is 0 Å². The van der Waals surface area contributed by atoms with Crippen molar-refractivity contribution >= 4 is 0 Å². The molecular formula is C17H31N3. The van der Waals surface area contributed by atoms with E-state index < -0.39 is 0 Å². The maximum Gasteiger partial charge on any atom is 0.0544 e. The Kier molecular flexibility index (Phi) is 7.17. The molecular weight excluding hydrogens is 246 g/mol. The monoisotopic (exact) mass is 277 g/mol. The summed E-state index contributed by atoms with van der Waals surface area (Å²) in [5, 5.41) is 3.41. The minimum atomic E-state index is 0.512. The molecule has 0 aromatic carbocycles. The Morgan fingerprint density at radius 1 is 1.15 bits per heavy atom. The van der Waals surface area contributed by atoms with E-state index in [-0.39, 0.29) is 0 Å². The predicted octanol–water partition coefficient (Wildman–Crippen LogP) is 3.45. The van der Waals surface area contributed by atoms with Crippen molar-refractivity contribution in [2.45, 2.75) is 66.2 Å². The van der Waals surface area contributed by atoms with Gasteiger partial charge in [-0.3, -0.25) is 9.88 Å². The van der Waals surface area contributed by atoms with Crippen LogP contribution >= 0.6 is 0 Å². The molecule has 0 aliphatic heterocycles. The fourth-order valence-electron chi connectivity index (χ4n) is 2.25.